The van der Waals surface area contributed by atoms with E-state index in [1.165, 1.54) is 5.56 Å². The second-order valence-electron chi connectivity index (χ2n) is 3.87. The van der Waals surface area contributed by atoms with Crippen LogP contribution in [0.5, 0.6) is 5.75 Å². The van der Waals surface area contributed by atoms with Crippen LogP contribution in [0.25, 0.3) is 0 Å². The summed E-state index contributed by atoms with van der Waals surface area (Å²) in [6.07, 6.45) is 2.54. The van der Waals surface area contributed by atoms with E-state index in [0.29, 0.717) is 12.3 Å². The molecule has 0 atom stereocenters. The highest BCUT2D eigenvalue weighted by Gasteiger charge is 2.05. The van der Waals surface area contributed by atoms with E-state index in [1.807, 2.05) is 36.4 Å². The Balaban J connectivity index is 2.14. The molecule has 0 radical (unpaired) electrons. The molecular weight excluding hydrogens is 224 g/mol. The van der Waals surface area contributed by atoms with Crippen LogP contribution in [0.15, 0.2) is 42.6 Å². The summed E-state index contributed by atoms with van der Waals surface area (Å²) >= 11 is 0. The van der Waals surface area contributed by atoms with Crippen molar-refractivity contribution in [3.63, 3.8) is 0 Å². The van der Waals surface area contributed by atoms with Gasteiger partial charge in [0, 0.05) is 11.8 Å². The number of aryl methyl sites for hydroxylation is 1. The van der Waals surface area contributed by atoms with Crippen molar-refractivity contribution < 1.29 is 4.74 Å². The number of benzene rings is 1. The maximum absolute atomic E-state index is 8.95. The zero-order chi connectivity index (χ0) is 12.8. The molecule has 0 unspecified atom stereocenters. The highest BCUT2D eigenvalue weighted by atomic mass is 16.5. The largest absolute Gasteiger partial charge is 0.489 e. The standard InChI is InChI=1S/C15H14N2O/c1-2-12-6-3-4-8-15(12)18-11-13-7-5-9-17-14(13)10-16/h3-9H,2,11H2,1H3. The minimum Gasteiger partial charge on any atom is -0.489 e. The van der Waals surface area contributed by atoms with Crippen molar-refractivity contribution in [3.05, 3.63) is 59.4 Å². The van der Waals surface area contributed by atoms with E-state index in [9.17, 15) is 0 Å². The van der Waals surface area contributed by atoms with E-state index in [0.717, 1.165) is 17.7 Å². The molecule has 2 aromatic rings. The Morgan fingerprint density at radius 2 is 1.94 bits per heavy atom. The van der Waals surface area contributed by atoms with Gasteiger partial charge in [0.2, 0.25) is 0 Å². The van der Waals surface area contributed by atoms with Crippen molar-refractivity contribution in [2.45, 2.75) is 20.0 Å². The topological polar surface area (TPSA) is 45.9 Å². The minimum absolute atomic E-state index is 0.369. The van der Waals surface area contributed by atoms with Gasteiger partial charge in [0.1, 0.15) is 24.1 Å². The Hall–Kier alpha value is -2.34. The third-order valence-corrected chi connectivity index (χ3v) is 2.73. The smallest absolute Gasteiger partial charge is 0.147 e. The van der Waals surface area contributed by atoms with Crippen molar-refractivity contribution in [3.8, 4) is 11.8 Å². The number of pyridine rings is 1. The van der Waals surface area contributed by atoms with Gasteiger partial charge in [-0.3, -0.25) is 0 Å². The van der Waals surface area contributed by atoms with E-state index in [4.69, 9.17) is 10.00 Å². The van der Waals surface area contributed by atoms with Gasteiger partial charge < -0.3 is 4.74 Å². The SMILES string of the molecule is CCc1ccccc1OCc1cccnc1C#N. The first-order valence-corrected chi connectivity index (χ1v) is 5.90. The molecule has 0 bridgehead atoms. The Labute approximate surface area is 107 Å². The zero-order valence-electron chi connectivity index (χ0n) is 10.3. The van der Waals surface area contributed by atoms with Gasteiger partial charge in [-0.2, -0.15) is 5.26 Å². The van der Waals surface area contributed by atoms with Gasteiger partial charge in [-0.15, -0.1) is 0 Å². The van der Waals surface area contributed by atoms with Gasteiger partial charge in [-0.25, -0.2) is 4.98 Å². The van der Waals surface area contributed by atoms with Gasteiger partial charge in [-0.1, -0.05) is 31.2 Å². The normalized spacial score (nSPS) is 9.78. The van der Waals surface area contributed by atoms with Crippen molar-refractivity contribution in [1.82, 2.24) is 4.98 Å². The van der Waals surface area contributed by atoms with Gasteiger partial charge in [0.05, 0.1) is 0 Å². The van der Waals surface area contributed by atoms with E-state index in [-0.39, 0.29) is 0 Å². The molecule has 0 aliphatic heterocycles. The highest BCUT2D eigenvalue weighted by molar-refractivity contribution is 5.34. The molecule has 0 saturated heterocycles. The molecule has 0 spiro atoms. The number of aromatic nitrogens is 1. The first-order valence-electron chi connectivity index (χ1n) is 5.90. The lowest BCUT2D eigenvalue weighted by molar-refractivity contribution is 0.302. The van der Waals surface area contributed by atoms with Crippen molar-refractivity contribution in [2.24, 2.45) is 0 Å². The second kappa shape index (κ2) is 5.83. The summed E-state index contributed by atoms with van der Waals surface area (Å²) in [7, 11) is 0. The van der Waals surface area contributed by atoms with Gasteiger partial charge in [0.25, 0.3) is 0 Å². The summed E-state index contributed by atoms with van der Waals surface area (Å²) in [5, 5.41) is 8.95. The molecule has 1 aromatic heterocycles. The maximum atomic E-state index is 8.95. The minimum atomic E-state index is 0.369. The average molecular weight is 238 g/mol. The first-order chi connectivity index (χ1) is 8.85. The number of nitriles is 1. The fraction of sp³-hybridized carbons (Fsp3) is 0.200. The Morgan fingerprint density at radius 3 is 2.72 bits per heavy atom. The molecule has 3 heteroatoms. The van der Waals surface area contributed by atoms with E-state index in [1.54, 1.807) is 6.20 Å². The van der Waals surface area contributed by atoms with Gasteiger partial charge in [-0.05, 0) is 24.1 Å². The molecule has 90 valence electrons. The Kier molecular flexibility index (Phi) is 3.93. The van der Waals surface area contributed by atoms with Crippen LogP contribution in [0.4, 0.5) is 0 Å². The first kappa shape index (κ1) is 12.1. The number of ether oxygens (including phenoxy) is 1. The molecule has 2 rings (SSSR count). The van der Waals surface area contributed by atoms with Crippen molar-refractivity contribution in [1.29, 1.82) is 5.26 Å². The summed E-state index contributed by atoms with van der Waals surface area (Å²) in [4.78, 5) is 4.01. The lowest BCUT2D eigenvalue weighted by Crippen LogP contribution is -2.01. The number of nitrogens with zero attached hydrogens (tertiary/aromatic N) is 2. The van der Waals surface area contributed by atoms with Crippen LogP contribution in [0, 0.1) is 11.3 Å². The van der Waals surface area contributed by atoms with Crippen molar-refractivity contribution >= 4 is 0 Å². The lowest BCUT2D eigenvalue weighted by Gasteiger charge is -2.10. The maximum Gasteiger partial charge on any atom is 0.147 e. The third kappa shape index (κ3) is 2.67. The van der Waals surface area contributed by atoms with E-state index >= 15 is 0 Å². The van der Waals surface area contributed by atoms with Crippen LogP contribution in [0.2, 0.25) is 0 Å². The Morgan fingerprint density at radius 1 is 1.17 bits per heavy atom. The predicted molar refractivity (Wildman–Crippen MR) is 69.1 cm³/mol. The lowest BCUT2D eigenvalue weighted by atomic mass is 10.1. The molecule has 0 saturated carbocycles. The molecule has 0 amide bonds. The van der Waals surface area contributed by atoms with Crippen LogP contribution >= 0.6 is 0 Å². The van der Waals surface area contributed by atoms with Crippen LogP contribution < -0.4 is 4.74 Å². The zero-order valence-corrected chi connectivity index (χ0v) is 10.3. The highest BCUT2D eigenvalue weighted by Crippen LogP contribution is 2.20. The van der Waals surface area contributed by atoms with Crippen LogP contribution in [-0.2, 0) is 13.0 Å². The summed E-state index contributed by atoms with van der Waals surface area (Å²) in [5.74, 6) is 0.868. The molecule has 0 N–H and O–H groups in total. The summed E-state index contributed by atoms with van der Waals surface area (Å²) < 4.78 is 5.77. The van der Waals surface area contributed by atoms with E-state index < -0.39 is 0 Å². The van der Waals surface area contributed by atoms with Gasteiger partial charge >= 0.3 is 0 Å². The summed E-state index contributed by atoms with van der Waals surface area (Å²) in [6, 6.07) is 13.7. The molecule has 1 aromatic carbocycles. The number of para-hydroxylation sites is 1. The molecule has 18 heavy (non-hydrogen) atoms. The fourth-order valence-corrected chi connectivity index (χ4v) is 1.75. The third-order valence-electron chi connectivity index (χ3n) is 2.73. The Bertz CT molecular complexity index is 573. The summed E-state index contributed by atoms with van der Waals surface area (Å²) in [6.45, 7) is 2.46. The molecule has 0 aliphatic carbocycles. The van der Waals surface area contributed by atoms with E-state index in [2.05, 4.69) is 18.0 Å². The number of hydrogen-bond donors (Lipinski definition) is 0. The molecule has 0 aliphatic rings. The number of hydrogen-bond acceptors (Lipinski definition) is 3. The van der Waals surface area contributed by atoms with Crippen LogP contribution in [0.3, 0.4) is 0 Å². The second-order valence-corrected chi connectivity index (χ2v) is 3.87. The molecule has 1 heterocycles. The monoisotopic (exact) mass is 238 g/mol. The van der Waals surface area contributed by atoms with Gasteiger partial charge in [0.15, 0.2) is 0 Å². The van der Waals surface area contributed by atoms with Crippen LogP contribution in [-0.4, -0.2) is 4.98 Å². The van der Waals surface area contributed by atoms with Crippen molar-refractivity contribution in [2.75, 3.05) is 0 Å². The fourth-order valence-electron chi connectivity index (χ4n) is 1.75. The quantitative estimate of drug-likeness (QED) is 0.822. The average Bonchev–Trinajstić information content (AvgIpc) is 2.45. The van der Waals surface area contributed by atoms with Crippen LogP contribution in [0.1, 0.15) is 23.7 Å². The molecular formula is C15H14N2O. The predicted octanol–water partition coefficient (Wildman–Crippen LogP) is 3.09. The number of rotatable bonds is 4. The molecule has 3 nitrogen and oxygen atoms in total. The molecule has 0 fully saturated rings. The summed E-state index contributed by atoms with van der Waals surface area (Å²) in [5.41, 5.74) is 2.40.